The van der Waals surface area contributed by atoms with Crippen molar-refractivity contribution in [3.63, 3.8) is 0 Å². The molecule has 1 N–H and O–H groups in total. The number of hydrazine groups is 1. The van der Waals surface area contributed by atoms with Crippen LogP contribution in [0, 0.1) is 25.1 Å². The van der Waals surface area contributed by atoms with E-state index in [1.807, 2.05) is 0 Å². The lowest BCUT2D eigenvalue weighted by Crippen LogP contribution is -2.58. The maximum atomic E-state index is 11.3. The van der Waals surface area contributed by atoms with Gasteiger partial charge in [0, 0.05) is 0 Å². The highest BCUT2D eigenvalue weighted by molar-refractivity contribution is 5.20. The molecule has 0 aliphatic carbocycles. The van der Waals surface area contributed by atoms with Gasteiger partial charge in [-0.05, 0) is 17.7 Å². The highest BCUT2D eigenvalue weighted by atomic mass is 16.7. The highest BCUT2D eigenvalue weighted by Gasteiger charge is 2.64. The van der Waals surface area contributed by atoms with Crippen LogP contribution in [0.5, 0.6) is 5.75 Å². The molecule has 0 aromatic heterocycles. The Morgan fingerprint density at radius 2 is 1.71 bits per heavy atom. The normalized spacial score (nSPS) is 10.7. The van der Waals surface area contributed by atoms with Gasteiger partial charge in [-0.3, -0.25) is 20.2 Å². The number of ether oxygens (including phenoxy) is 1. The Bertz CT molecular complexity index is 507. The van der Waals surface area contributed by atoms with Crippen molar-refractivity contribution in [2.75, 3.05) is 20.3 Å². The zero-order valence-corrected chi connectivity index (χ0v) is 11.0. The minimum absolute atomic E-state index is 0.153. The molecule has 0 spiro atoms. The second-order valence-corrected chi connectivity index (χ2v) is 3.93. The van der Waals surface area contributed by atoms with Crippen LogP contribution in [0.2, 0.25) is 0 Å². The van der Waals surface area contributed by atoms with E-state index in [1.165, 1.54) is 12.1 Å². The number of rotatable bonds is 9. The summed E-state index contributed by atoms with van der Waals surface area (Å²) in [4.78, 5) is 35.2. The highest BCUT2D eigenvalue weighted by Crippen LogP contribution is 2.16. The third kappa shape index (κ3) is 4.07. The largest absolute Gasteiger partial charge is 0.554 e. The lowest BCUT2D eigenvalue weighted by atomic mass is 10.2. The third-order valence-corrected chi connectivity index (χ3v) is 2.48. The summed E-state index contributed by atoms with van der Waals surface area (Å²) in [5.41, 5.74) is -1.11. The topological polar surface area (TPSA) is 137 Å². The van der Waals surface area contributed by atoms with Crippen molar-refractivity contribution in [2.24, 2.45) is 0 Å². The molecule has 0 aliphatic rings. The van der Waals surface area contributed by atoms with Crippen molar-refractivity contribution in [1.29, 1.82) is 0 Å². The smallest absolute Gasteiger partial charge is 0.478 e. The van der Waals surface area contributed by atoms with E-state index in [2.05, 4.69) is 4.84 Å². The molecule has 11 nitrogen and oxygen atoms in total. The Morgan fingerprint density at radius 3 is 2.19 bits per heavy atom. The summed E-state index contributed by atoms with van der Waals surface area (Å²) < 4.78 is 5.06. The summed E-state index contributed by atoms with van der Waals surface area (Å²) >= 11 is 0. The van der Waals surface area contributed by atoms with Crippen molar-refractivity contribution in [3.05, 3.63) is 55.5 Å². The standard InChI is InChI=1S/C10H13N4O7/c1-20-11-12(15)7-10(13(16)17,14(18)19)8-21-9-5-3-2-4-6-9/h2-6H,7-8H2,1H3,(H,11,15)/q+1. The van der Waals surface area contributed by atoms with Crippen LogP contribution in [0.15, 0.2) is 30.3 Å². The van der Waals surface area contributed by atoms with E-state index < -0.39 is 28.7 Å². The number of nitro groups is 2. The molecule has 1 aromatic rings. The average molecular weight is 301 g/mol. The molecule has 0 heterocycles. The van der Waals surface area contributed by atoms with Crippen molar-refractivity contribution in [2.45, 2.75) is 5.66 Å². The second-order valence-electron chi connectivity index (χ2n) is 3.93. The first-order valence-electron chi connectivity index (χ1n) is 5.62. The minimum Gasteiger partial charge on any atom is -0.478 e. The van der Waals surface area contributed by atoms with E-state index in [4.69, 9.17) is 4.74 Å². The maximum absolute atomic E-state index is 11.3. The number of nitrogens with one attached hydrogen (secondary N) is 1. The molecule has 0 bridgehead atoms. The van der Waals surface area contributed by atoms with E-state index in [0.29, 0.717) is 0 Å². The van der Waals surface area contributed by atoms with Crippen molar-refractivity contribution < 1.29 is 24.3 Å². The van der Waals surface area contributed by atoms with Crippen LogP contribution in [0.1, 0.15) is 0 Å². The summed E-state index contributed by atoms with van der Waals surface area (Å²) in [6, 6.07) is 7.84. The Hall–Kier alpha value is -2.82. The van der Waals surface area contributed by atoms with E-state index in [1.54, 1.807) is 23.8 Å². The lowest BCUT2D eigenvalue weighted by Gasteiger charge is -2.14. The van der Waals surface area contributed by atoms with Crippen LogP contribution in [0.4, 0.5) is 0 Å². The summed E-state index contributed by atoms with van der Waals surface area (Å²) in [5.74, 6) is 0.211. The summed E-state index contributed by atoms with van der Waals surface area (Å²) in [5, 5.41) is 22.1. The molecular weight excluding hydrogens is 288 g/mol. The van der Waals surface area contributed by atoms with Crippen LogP contribution in [0.25, 0.3) is 0 Å². The van der Waals surface area contributed by atoms with Crippen molar-refractivity contribution in [1.82, 2.24) is 5.59 Å². The van der Waals surface area contributed by atoms with Crippen LogP contribution in [0.3, 0.4) is 0 Å². The summed E-state index contributed by atoms with van der Waals surface area (Å²) in [6.07, 6.45) is 0. The fourth-order valence-electron chi connectivity index (χ4n) is 1.41. The zero-order valence-electron chi connectivity index (χ0n) is 11.0. The van der Waals surface area contributed by atoms with Gasteiger partial charge < -0.3 is 4.74 Å². The van der Waals surface area contributed by atoms with Gasteiger partial charge in [0.05, 0.1) is 12.0 Å². The predicted molar refractivity (Wildman–Crippen MR) is 67.3 cm³/mol. The molecule has 0 saturated heterocycles. The molecule has 0 atom stereocenters. The Balaban J connectivity index is 2.93. The molecule has 1 rings (SSSR count). The molecule has 0 radical (unpaired) electrons. The number of para-hydroxylation sites is 1. The van der Waals surface area contributed by atoms with Gasteiger partial charge >= 0.3 is 12.2 Å². The molecular formula is C10H13N4O7+. The minimum atomic E-state index is -2.83. The quantitative estimate of drug-likeness (QED) is 0.295. The Morgan fingerprint density at radius 1 is 1.14 bits per heavy atom. The molecule has 11 heteroatoms. The molecule has 0 amide bonds. The third-order valence-electron chi connectivity index (χ3n) is 2.48. The van der Waals surface area contributed by atoms with E-state index in [9.17, 15) is 25.1 Å². The number of hydrogen-bond donors (Lipinski definition) is 1. The van der Waals surface area contributed by atoms with Crippen molar-refractivity contribution >= 4 is 0 Å². The molecule has 0 unspecified atom stereocenters. The van der Waals surface area contributed by atoms with Crippen molar-refractivity contribution in [3.8, 4) is 5.75 Å². The first-order chi connectivity index (χ1) is 9.92. The van der Waals surface area contributed by atoms with Gasteiger partial charge in [0.15, 0.2) is 4.87 Å². The van der Waals surface area contributed by atoms with Gasteiger partial charge in [0.1, 0.15) is 15.6 Å². The molecule has 1 aromatic carbocycles. The predicted octanol–water partition coefficient (Wildman–Crippen LogP) is 0.160. The molecule has 0 fully saturated rings. The van der Waals surface area contributed by atoms with E-state index >= 15 is 0 Å². The average Bonchev–Trinajstić information content (AvgIpc) is 2.44. The van der Waals surface area contributed by atoms with Crippen LogP contribution >= 0.6 is 0 Å². The monoisotopic (exact) mass is 301 g/mol. The fourth-order valence-corrected chi connectivity index (χ4v) is 1.41. The SMILES string of the molecule is CON[N+](=O)CC(COc1ccccc1)([N+](=O)[O-])[N+](=O)[O-]. The molecule has 0 aliphatic heterocycles. The van der Waals surface area contributed by atoms with E-state index in [0.717, 1.165) is 7.11 Å². The fraction of sp³-hybridized carbons (Fsp3) is 0.400. The number of benzene rings is 1. The summed E-state index contributed by atoms with van der Waals surface area (Å²) in [6.45, 7) is -2.02. The number of nitrogens with zero attached hydrogens (tertiary/aromatic N) is 3. The zero-order chi connectivity index (χ0) is 15.9. The van der Waals surface area contributed by atoms with Gasteiger partial charge in [-0.25, -0.2) is 4.84 Å². The van der Waals surface area contributed by atoms with Crippen LogP contribution < -0.4 is 10.3 Å². The number of nitroso groups, excluding NO2 is 1. The Kier molecular flexibility index (Phi) is 5.48. The first kappa shape index (κ1) is 16.2. The maximum Gasteiger partial charge on any atom is 0.554 e. The Labute approximate surface area is 118 Å². The van der Waals surface area contributed by atoms with Gasteiger partial charge in [0.2, 0.25) is 6.61 Å². The molecule has 21 heavy (non-hydrogen) atoms. The van der Waals surface area contributed by atoms with Gasteiger partial charge in [-0.2, -0.15) is 0 Å². The summed E-state index contributed by atoms with van der Waals surface area (Å²) in [7, 11) is 1.09. The number of hydrogen-bond acceptors (Lipinski definition) is 7. The molecule has 114 valence electrons. The van der Waals surface area contributed by atoms with Gasteiger partial charge in [-0.15, -0.1) is 0 Å². The molecule has 0 saturated carbocycles. The van der Waals surface area contributed by atoms with E-state index in [-0.39, 0.29) is 10.6 Å². The first-order valence-corrected chi connectivity index (χ1v) is 5.62. The van der Waals surface area contributed by atoms with Gasteiger partial charge in [-0.1, -0.05) is 18.2 Å². The van der Waals surface area contributed by atoms with Crippen LogP contribution in [-0.2, 0) is 4.84 Å². The van der Waals surface area contributed by atoms with Gasteiger partial charge in [0.25, 0.3) is 0 Å². The van der Waals surface area contributed by atoms with Crippen LogP contribution in [-0.4, -0.2) is 40.6 Å². The second kappa shape index (κ2) is 7.09. The lowest BCUT2D eigenvalue weighted by molar-refractivity contribution is -0.838.